The molecule has 0 spiro atoms. The fourth-order valence-corrected chi connectivity index (χ4v) is 3.33. The maximum Gasteiger partial charge on any atom is 0.159 e. The number of piperazine rings is 1. The molecule has 1 aliphatic rings. The molecular weight excluding hydrogens is 340 g/mol. The molecule has 2 heterocycles. The topological polar surface area (TPSA) is 90.5 Å². The Labute approximate surface area is 161 Å². The van der Waals surface area contributed by atoms with Crippen molar-refractivity contribution in [2.24, 2.45) is 0 Å². The first-order valence-electron chi connectivity index (χ1n) is 9.76. The summed E-state index contributed by atoms with van der Waals surface area (Å²) in [5, 5.41) is 12.4. The SMILES string of the molecule is CCCCc1ccc(Nc2ncnc(N3CCN(CCO)CC3)c2N)cc1. The van der Waals surface area contributed by atoms with Gasteiger partial charge < -0.3 is 21.1 Å². The fraction of sp³-hybridized carbons (Fsp3) is 0.500. The van der Waals surface area contributed by atoms with Gasteiger partial charge in [-0.1, -0.05) is 25.5 Å². The zero-order valence-corrected chi connectivity index (χ0v) is 16.1. The average molecular weight is 371 g/mol. The van der Waals surface area contributed by atoms with Crippen LogP contribution in [0.3, 0.4) is 0 Å². The van der Waals surface area contributed by atoms with Gasteiger partial charge in [-0.25, -0.2) is 9.97 Å². The Morgan fingerprint density at radius 3 is 2.52 bits per heavy atom. The van der Waals surface area contributed by atoms with Crippen LogP contribution in [0.25, 0.3) is 0 Å². The molecule has 0 amide bonds. The molecular formula is C20H30N6O. The monoisotopic (exact) mass is 370 g/mol. The second-order valence-corrected chi connectivity index (χ2v) is 6.94. The summed E-state index contributed by atoms with van der Waals surface area (Å²) in [4.78, 5) is 13.2. The van der Waals surface area contributed by atoms with Crippen molar-refractivity contribution in [1.29, 1.82) is 0 Å². The van der Waals surface area contributed by atoms with Crippen LogP contribution in [-0.4, -0.2) is 59.3 Å². The Morgan fingerprint density at radius 1 is 1.11 bits per heavy atom. The normalized spacial score (nSPS) is 15.1. The van der Waals surface area contributed by atoms with E-state index in [0.29, 0.717) is 18.1 Å². The highest BCUT2D eigenvalue weighted by atomic mass is 16.3. The summed E-state index contributed by atoms with van der Waals surface area (Å²) in [5.74, 6) is 1.41. The van der Waals surface area contributed by atoms with Crippen molar-refractivity contribution in [3.05, 3.63) is 36.2 Å². The number of aliphatic hydroxyl groups is 1. The summed E-state index contributed by atoms with van der Waals surface area (Å²) in [6, 6.07) is 8.44. The van der Waals surface area contributed by atoms with E-state index in [2.05, 4.69) is 56.3 Å². The number of unbranched alkanes of at least 4 members (excludes halogenated alkanes) is 1. The van der Waals surface area contributed by atoms with Gasteiger partial charge in [0.2, 0.25) is 0 Å². The molecule has 146 valence electrons. The van der Waals surface area contributed by atoms with Crippen molar-refractivity contribution in [2.75, 3.05) is 55.3 Å². The van der Waals surface area contributed by atoms with Crippen LogP contribution in [0.15, 0.2) is 30.6 Å². The molecule has 27 heavy (non-hydrogen) atoms. The van der Waals surface area contributed by atoms with E-state index < -0.39 is 0 Å². The Balaban J connectivity index is 1.66. The maximum absolute atomic E-state index is 9.08. The minimum absolute atomic E-state index is 0.195. The smallest absolute Gasteiger partial charge is 0.159 e. The average Bonchev–Trinajstić information content (AvgIpc) is 2.70. The number of hydrogen-bond acceptors (Lipinski definition) is 7. The molecule has 0 saturated carbocycles. The first-order valence-corrected chi connectivity index (χ1v) is 9.76. The molecule has 1 fully saturated rings. The van der Waals surface area contributed by atoms with Gasteiger partial charge in [-0.3, -0.25) is 4.90 Å². The number of nitrogens with two attached hydrogens (primary N) is 1. The van der Waals surface area contributed by atoms with Crippen LogP contribution in [0.2, 0.25) is 0 Å². The molecule has 1 aromatic carbocycles. The first-order chi connectivity index (χ1) is 13.2. The lowest BCUT2D eigenvalue weighted by molar-refractivity contribution is 0.188. The number of hydrogen-bond donors (Lipinski definition) is 3. The van der Waals surface area contributed by atoms with Gasteiger partial charge in [-0.2, -0.15) is 0 Å². The fourth-order valence-electron chi connectivity index (χ4n) is 3.33. The molecule has 4 N–H and O–H groups in total. The number of nitrogen functional groups attached to an aromatic ring is 1. The summed E-state index contributed by atoms with van der Waals surface area (Å²) in [6.45, 7) is 6.59. The standard InChI is InChI=1S/C20H30N6O/c1-2-3-4-16-5-7-17(8-6-16)24-19-18(21)20(23-15-22-19)26-11-9-25(10-12-26)13-14-27/h5-8,15,27H,2-4,9-14,21H2,1H3,(H,22,23,24). The van der Waals surface area contributed by atoms with E-state index in [-0.39, 0.29) is 6.61 Å². The summed E-state index contributed by atoms with van der Waals surface area (Å²) in [5.41, 5.74) is 9.26. The molecule has 0 aliphatic carbocycles. The highest BCUT2D eigenvalue weighted by Crippen LogP contribution is 2.29. The lowest BCUT2D eigenvalue weighted by Crippen LogP contribution is -2.47. The van der Waals surface area contributed by atoms with E-state index in [9.17, 15) is 0 Å². The van der Waals surface area contributed by atoms with Gasteiger partial charge in [0.05, 0.1) is 6.61 Å². The van der Waals surface area contributed by atoms with Crippen molar-refractivity contribution >= 4 is 23.0 Å². The Kier molecular flexibility index (Phi) is 6.84. The van der Waals surface area contributed by atoms with Crippen molar-refractivity contribution < 1.29 is 5.11 Å². The van der Waals surface area contributed by atoms with Crippen LogP contribution in [0.4, 0.5) is 23.0 Å². The van der Waals surface area contributed by atoms with Crippen LogP contribution in [0, 0.1) is 0 Å². The summed E-state index contributed by atoms with van der Waals surface area (Å²) < 4.78 is 0. The van der Waals surface area contributed by atoms with Gasteiger partial charge in [-0.05, 0) is 30.5 Å². The predicted octanol–water partition coefficient (Wildman–Crippen LogP) is 2.26. The van der Waals surface area contributed by atoms with Crippen LogP contribution >= 0.6 is 0 Å². The van der Waals surface area contributed by atoms with Crippen LogP contribution in [0.1, 0.15) is 25.3 Å². The van der Waals surface area contributed by atoms with Crippen LogP contribution < -0.4 is 16.0 Å². The number of nitrogens with one attached hydrogen (secondary N) is 1. The quantitative estimate of drug-likeness (QED) is 0.656. The van der Waals surface area contributed by atoms with Crippen LogP contribution in [0.5, 0.6) is 0 Å². The van der Waals surface area contributed by atoms with Crippen molar-refractivity contribution in [3.63, 3.8) is 0 Å². The maximum atomic E-state index is 9.08. The molecule has 0 atom stereocenters. The second-order valence-electron chi connectivity index (χ2n) is 6.94. The Hall–Kier alpha value is -2.38. The largest absolute Gasteiger partial charge is 0.395 e. The van der Waals surface area contributed by atoms with Gasteiger partial charge in [-0.15, -0.1) is 0 Å². The molecule has 2 aromatic rings. The summed E-state index contributed by atoms with van der Waals surface area (Å²) in [6.07, 6.45) is 5.08. The van der Waals surface area contributed by atoms with E-state index in [4.69, 9.17) is 10.8 Å². The van der Waals surface area contributed by atoms with Gasteiger partial charge in [0.25, 0.3) is 0 Å². The lowest BCUT2D eigenvalue weighted by Gasteiger charge is -2.35. The molecule has 0 unspecified atom stereocenters. The van der Waals surface area contributed by atoms with Gasteiger partial charge >= 0.3 is 0 Å². The third-order valence-corrected chi connectivity index (χ3v) is 4.99. The van der Waals surface area contributed by atoms with E-state index >= 15 is 0 Å². The first kappa shape index (κ1) is 19.4. The molecule has 0 radical (unpaired) electrons. The van der Waals surface area contributed by atoms with Gasteiger partial charge in [0, 0.05) is 38.4 Å². The molecule has 0 bridgehead atoms. The zero-order chi connectivity index (χ0) is 19.1. The minimum Gasteiger partial charge on any atom is -0.395 e. The zero-order valence-electron chi connectivity index (χ0n) is 16.1. The van der Waals surface area contributed by atoms with Gasteiger partial charge in [0.15, 0.2) is 11.6 Å². The number of anilines is 4. The predicted molar refractivity (Wildman–Crippen MR) is 111 cm³/mol. The van der Waals surface area contributed by atoms with E-state index in [0.717, 1.165) is 44.1 Å². The number of aryl methyl sites for hydroxylation is 1. The van der Waals surface area contributed by atoms with Crippen molar-refractivity contribution in [3.8, 4) is 0 Å². The van der Waals surface area contributed by atoms with E-state index in [1.165, 1.54) is 18.4 Å². The highest BCUT2D eigenvalue weighted by Gasteiger charge is 2.21. The minimum atomic E-state index is 0.195. The molecule has 1 aromatic heterocycles. The second kappa shape index (κ2) is 9.53. The Bertz CT molecular complexity index is 713. The van der Waals surface area contributed by atoms with E-state index in [1.54, 1.807) is 6.33 Å². The van der Waals surface area contributed by atoms with Crippen molar-refractivity contribution in [2.45, 2.75) is 26.2 Å². The molecule has 7 heteroatoms. The third kappa shape index (κ3) is 5.08. The number of aromatic nitrogens is 2. The third-order valence-electron chi connectivity index (χ3n) is 4.99. The molecule has 1 aliphatic heterocycles. The Morgan fingerprint density at radius 2 is 1.85 bits per heavy atom. The number of β-amino-alcohol motifs (C(OH)–C–C–N with tert-alkyl or cyclic N) is 1. The van der Waals surface area contributed by atoms with E-state index in [1.807, 2.05) is 0 Å². The summed E-state index contributed by atoms with van der Waals surface area (Å²) in [7, 11) is 0. The number of benzene rings is 1. The van der Waals surface area contributed by atoms with Gasteiger partial charge in [0.1, 0.15) is 12.0 Å². The number of aliphatic hydroxyl groups excluding tert-OH is 1. The van der Waals surface area contributed by atoms with Crippen LogP contribution in [-0.2, 0) is 6.42 Å². The van der Waals surface area contributed by atoms with Crippen molar-refractivity contribution in [1.82, 2.24) is 14.9 Å². The molecule has 7 nitrogen and oxygen atoms in total. The summed E-state index contributed by atoms with van der Waals surface area (Å²) >= 11 is 0. The molecule has 1 saturated heterocycles. The number of rotatable bonds is 8. The lowest BCUT2D eigenvalue weighted by atomic mass is 10.1. The highest BCUT2D eigenvalue weighted by molar-refractivity contribution is 5.78. The number of nitrogens with zero attached hydrogens (tertiary/aromatic N) is 4. The molecule has 3 rings (SSSR count).